The van der Waals surface area contributed by atoms with E-state index in [0.717, 1.165) is 74.5 Å². The van der Waals surface area contributed by atoms with E-state index in [1.54, 1.807) is 6.33 Å². The summed E-state index contributed by atoms with van der Waals surface area (Å²) in [6.45, 7) is 3.14. The first-order valence-corrected chi connectivity index (χ1v) is 11.7. The molecule has 1 N–H and O–H groups in total. The lowest BCUT2D eigenvalue weighted by Crippen LogP contribution is -2.33. The van der Waals surface area contributed by atoms with Crippen molar-refractivity contribution in [2.45, 2.75) is 45.1 Å². The van der Waals surface area contributed by atoms with Crippen LogP contribution in [0, 0.1) is 5.92 Å². The third-order valence-corrected chi connectivity index (χ3v) is 6.77. The monoisotopic (exact) mass is 426 g/mol. The molecule has 1 aromatic heterocycles. The molecule has 0 atom stereocenters. The SMILES string of the molecule is O=C(CC1CCN(Cc2ccccc2)CC1)c1ccc(Nc2ncnc3c2CCC3)cc1. The van der Waals surface area contributed by atoms with Crippen LogP contribution in [0.3, 0.4) is 0 Å². The second-order valence-corrected chi connectivity index (χ2v) is 9.04. The molecular weight excluding hydrogens is 396 g/mol. The van der Waals surface area contributed by atoms with Crippen molar-refractivity contribution in [3.05, 3.63) is 83.3 Å². The van der Waals surface area contributed by atoms with Gasteiger partial charge in [-0.3, -0.25) is 9.69 Å². The average Bonchev–Trinajstić information content (AvgIpc) is 3.32. The molecule has 2 aliphatic rings. The van der Waals surface area contributed by atoms with Crippen LogP contribution in [0.15, 0.2) is 60.9 Å². The molecule has 3 aromatic rings. The van der Waals surface area contributed by atoms with E-state index in [4.69, 9.17) is 0 Å². The van der Waals surface area contributed by atoms with Gasteiger partial charge >= 0.3 is 0 Å². The molecule has 0 bridgehead atoms. The van der Waals surface area contributed by atoms with E-state index >= 15 is 0 Å². The number of benzene rings is 2. The summed E-state index contributed by atoms with van der Waals surface area (Å²) in [6, 6.07) is 18.5. The van der Waals surface area contributed by atoms with E-state index in [0.29, 0.717) is 12.3 Å². The van der Waals surface area contributed by atoms with Crippen LogP contribution in [0.1, 0.15) is 52.9 Å². The fourth-order valence-corrected chi connectivity index (χ4v) is 4.91. The number of ketones is 1. The van der Waals surface area contributed by atoms with Crippen molar-refractivity contribution in [1.82, 2.24) is 14.9 Å². The molecule has 0 spiro atoms. The molecule has 2 aromatic carbocycles. The molecule has 5 nitrogen and oxygen atoms in total. The first-order valence-electron chi connectivity index (χ1n) is 11.7. The van der Waals surface area contributed by atoms with Gasteiger partial charge in [0.25, 0.3) is 0 Å². The van der Waals surface area contributed by atoms with Gasteiger partial charge in [-0.1, -0.05) is 30.3 Å². The number of piperidine rings is 1. The Balaban J connectivity index is 1.13. The van der Waals surface area contributed by atoms with Gasteiger partial charge in [-0.05, 0) is 80.9 Å². The summed E-state index contributed by atoms with van der Waals surface area (Å²) in [5.41, 5.74) is 5.51. The van der Waals surface area contributed by atoms with E-state index < -0.39 is 0 Å². The minimum atomic E-state index is 0.251. The quantitative estimate of drug-likeness (QED) is 0.527. The van der Waals surface area contributed by atoms with Crippen molar-refractivity contribution >= 4 is 17.3 Å². The Bertz CT molecular complexity index is 1060. The number of carbonyl (C=O) groups excluding carboxylic acids is 1. The number of nitrogens with one attached hydrogen (secondary N) is 1. The zero-order valence-corrected chi connectivity index (χ0v) is 18.5. The lowest BCUT2D eigenvalue weighted by atomic mass is 9.89. The second kappa shape index (κ2) is 9.61. The van der Waals surface area contributed by atoms with Crippen LogP contribution in [0.4, 0.5) is 11.5 Å². The van der Waals surface area contributed by atoms with Crippen molar-refractivity contribution in [3.63, 3.8) is 0 Å². The van der Waals surface area contributed by atoms with Gasteiger partial charge in [0.05, 0.1) is 0 Å². The zero-order valence-electron chi connectivity index (χ0n) is 18.5. The fraction of sp³-hybridized carbons (Fsp3) is 0.370. The van der Waals surface area contributed by atoms with Crippen LogP contribution in [0.5, 0.6) is 0 Å². The highest BCUT2D eigenvalue weighted by atomic mass is 16.1. The third kappa shape index (κ3) is 4.89. The standard InChI is InChI=1S/C27H30N4O/c32-26(17-20-13-15-31(16-14-20)18-21-5-2-1-3-6-21)22-9-11-23(12-10-22)30-27-24-7-4-8-25(24)28-19-29-27/h1-3,5-6,9-12,19-20H,4,7-8,13-18H2,(H,28,29,30). The van der Waals surface area contributed by atoms with E-state index in [1.807, 2.05) is 24.3 Å². The topological polar surface area (TPSA) is 58.1 Å². The number of likely N-dealkylation sites (tertiary alicyclic amines) is 1. The molecule has 1 aliphatic carbocycles. The maximum atomic E-state index is 12.9. The first kappa shape index (κ1) is 20.8. The lowest BCUT2D eigenvalue weighted by molar-refractivity contribution is 0.0925. The highest BCUT2D eigenvalue weighted by Gasteiger charge is 2.22. The number of Topliss-reactive ketones (excluding diaryl/α,β-unsaturated/α-hetero) is 1. The predicted octanol–water partition coefficient (Wildman–Crippen LogP) is 5.19. The molecule has 0 saturated carbocycles. The summed E-state index contributed by atoms with van der Waals surface area (Å²) >= 11 is 0. The number of carbonyl (C=O) groups is 1. The van der Waals surface area contributed by atoms with Crippen molar-refractivity contribution in [2.75, 3.05) is 18.4 Å². The Morgan fingerprint density at radius 2 is 1.75 bits per heavy atom. The van der Waals surface area contributed by atoms with Crippen LogP contribution in [-0.4, -0.2) is 33.7 Å². The molecule has 5 heteroatoms. The smallest absolute Gasteiger partial charge is 0.163 e. The Labute approximate surface area is 189 Å². The van der Waals surface area contributed by atoms with Gasteiger partial charge < -0.3 is 5.32 Å². The summed E-state index contributed by atoms with van der Waals surface area (Å²) in [5.74, 6) is 1.63. The number of hydrogen-bond donors (Lipinski definition) is 1. The Hall–Kier alpha value is -3.05. The van der Waals surface area contributed by atoms with E-state index in [9.17, 15) is 4.79 Å². The molecule has 164 valence electrons. The molecule has 0 unspecified atom stereocenters. The lowest BCUT2D eigenvalue weighted by Gasteiger charge is -2.31. The van der Waals surface area contributed by atoms with Gasteiger partial charge in [-0.15, -0.1) is 0 Å². The fourth-order valence-electron chi connectivity index (χ4n) is 4.91. The summed E-state index contributed by atoms with van der Waals surface area (Å²) in [6.07, 6.45) is 7.67. The van der Waals surface area contributed by atoms with E-state index in [1.165, 1.54) is 11.1 Å². The first-order chi connectivity index (χ1) is 15.7. The largest absolute Gasteiger partial charge is 0.340 e. The number of hydrogen-bond acceptors (Lipinski definition) is 5. The molecule has 1 saturated heterocycles. The second-order valence-electron chi connectivity index (χ2n) is 9.04. The summed E-state index contributed by atoms with van der Waals surface area (Å²) in [7, 11) is 0. The number of fused-ring (bicyclic) bond motifs is 1. The zero-order chi connectivity index (χ0) is 21.8. The highest BCUT2D eigenvalue weighted by Crippen LogP contribution is 2.28. The minimum absolute atomic E-state index is 0.251. The van der Waals surface area contributed by atoms with Crippen LogP contribution in [0.25, 0.3) is 0 Å². The maximum Gasteiger partial charge on any atom is 0.163 e. The maximum absolute atomic E-state index is 12.9. The molecular formula is C27H30N4O. The summed E-state index contributed by atoms with van der Waals surface area (Å²) in [4.78, 5) is 24.2. The number of rotatable bonds is 7. The molecule has 5 rings (SSSR count). The van der Waals surface area contributed by atoms with Gasteiger partial charge in [-0.2, -0.15) is 0 Å². The Morgan fingerprint density at radius 1 is 0.969 bits per heavy atom. The van der Waals surface area contributed by atoms with Crippen molar-refractivity contribution < 1.29 is 4.79 Å². The van der Waals surface area contributed by atoms with Gasteiger partial charge in [0.2, 0.25) is 0 Å². The van der Waals surface area contributed by atoms with Crippen molar-refractivity contribution in [1.29, 1.82) is 0 Å². The van der Waals surface area contributed by atoms with Crippen LogP contribution < -0.4 is 5.32 Å². The van der Waals surface area contributed by atoms with Gasteiger partial charge in [0, 0.05) is 35.5 Å². The number of anilines is 2. The predicted molar refractivity (Wildman–Crippen MR) is 127 cm³/mol. The van der Waals surface area contributed by atoms with Crippen molar-refractivity contribution in [2.24, 2.45) is 5.92 Å². The van der Waals surface area contributed by atoms with Crippen molar-refractivity contribution in [3.8, 4) is 0 Å². The molecule has 1 fully saturated rings. The van der Waals surface area contributed by atoms with Crippen LogP contribution in [-0.2, 0) is 19.4 Å². The van der Waals surface area contributed by atoms with Gasteiger partial charge in [0.15, 0.2) is 5.78 Å². The number of aromatic nitrogens is 2. The number of aryl methyl sites for hydroxylation is 1. The molecule has 2 heterocycles. The molecule has 1 aliphatic heterocycles. The highest BCUT2D eigenvalue weighted by molar-refractivity contribution is 5.96. The Morgan fingerprint density at radius 3 is 2.53 bits per heavy atom. The van der Waals surface area contributed by atoms with E-state index in [-0.39, 0.29) is 5.78 Å². The normalized spacial score (nSPS) is 16.6. The molecule has 32 heavy (non-hydrogen) atoms. The minimum Gasteiger partial charge on any atom is -0.340 e. The van der Waals surface area contributed by atoms with Gasteiger partial charge in [0.1, 0.15) is 12.1 Å². The summed E-state index contributed by atoms with van der Waals surface area (Å²) < 4.78 is 0. The average molecular weight is 427 g/mol. The summed E-state index contributed by atoms with van der Waals surface area (Å²) in [5, 5.41) is 3.41. The van der Waals surface area contributed by atoms with Crippen LogP contribution in [0.2, 0.25) is 0 Å². The van der Waals surface area contributed by atoms with Crippen LogP contribution >= 0.6 is 0 Å². The number of nitrogens with zero attached hydrogens (tertiary/aromatic N) is 3. The molecule has 0 radical (unpaired) electrons. The Kier molecular flexibility index (Phi) is 6.26. The third-order valence-electron chi connectivity index (χ3n) is 6.77. The molecule has 0 amide bonds. The van der Waals surface area contributed by atoms with E-state index in [2.05, 4.69) is 50.5 Å². The van der Waals surface area contributed by atoms with Gasteiger partial charge in [-0.25, -0.2) is 9.97 Å².